The Labute approximate surface area is 172 Å². The topological polar surface area (TPSA) is 124 Å². The summed E-state index contributed by atoms with van der Waals surface area (Å²) in [6, 6.07) is 8.92. The van der Waals surface area contributed by atoms with Crippen LogP contribution in [0.25, 0.3) is 22.7 Å². The van der Waals surface area contributed by atoms with Gasteiger partial charge in [0.1, 0.15) is 23.1 Å². The van der Waals surface area contributed by atoms with Crippen molar-refractivity contribution >= 4 is 11.9 Å². The summed E-state index contributed by atoms with van der Waals surface area (Å²) < 4.78 is 15.9. The number of piperazine rings is 1. The van der Waals surface area contributed by atoms with Crippen LogP contribution in [0.1, 0.15) is 18.1 Å². The number of hydrogen-bond donors (Lipinski definition) is 1. The van der Waals surface area contributed by atoms with Gasteiger partial charge in [-0.05, 0) is 6.92 Å². The van der Waals surface area contributed by atoms with Crippen LogP contribution in [0.5, 0.6) is 0 Å². The van der Waals surface area contributed by atoms with Gasteiger partial charge >= 0.3 is 5.97 Å². The number of carbonyl (C=O) groups excluding carboxylic acids is 2. The monoisotopic (exact) mass is 411 g/mol. The molecule has 1 atom stereocenters. The maximum absolute atomic E-state index is 12.2. The first-order valence-electron chi connectivity index (χ1n) is 9.50. The van der Waals surface area contributed by atoms with Gasteiger partial charge in [0.25, 0.3) is 5.89 Å². The van der Waals surface area contributed by atoms with E-state index in [0.717, 1.165) is 5.56 Å². The fourth-order valence-electron chi connectivity index (χ4n) is 3.42. The summed E-state index contributed by atoms with van der Waals surface area (Å²) in [6.45, 7) is 3.03. The Morgan fingerprint density at radius 1 is 1.30 bits per heavy atom. The van der Waals surface area contributed by atoms with Crippen molar-refractivity contribution in [2.45, 2.75) is 25.9 Å². The highest BCUT2D eigenvalue weighted by molar-refractivity contribution is 5.87. The summed E-state index contributed by atoms with van der Waals surface area (Å²) in [7, 11) is 1.29. The van der Waals surface area contributed by atoms with E-state index in [1.165, 1.54) is 7.11 Å². The number of hydrogen-bond acceptors (Lipinski definition) is 9. The largest absolute Gasteiger partial charge is 0.469 e. The Hall–Kier alpha value is -3.53. The van der Waals surface area contributed by atoms with Crippen LogP contribution < -0.4 is 5.32 Å². The number of carbonyl (C=O) groups is 2. The number of amides is 1. The molecule has 1 unspecified atom stereocenters. The van der Waals surface area contributed by atoms with Crippen LogP contribution in [-0.4, -0.2) is 58.4 Å². The van der Waals surface area contributed by atoms with E-state index in [4.69, 9.17) is 13.7 Å². The molecule has 1 fully saturated rings. The molecular formula is C20H21N5O5. The summed E-state index contributed by atoms with van der Waals surface area (Å²) in [5, 5.41) is 15.2. The van der Waals surface area contributed by atoms with E-state index >= 15 is 0 Å². The van der Waals surface area contributed by atoms with Gasteiger partial charge in [-0.1, -0.05) is 35.5 Å². The maximum Gasteiger partial charge on any atom is 0.307 e. The second-order valence-electron chi connectivity index (χ2n) is 6.89. The summed E-state index contributed by atoms with van der Waals surface area (Å²) >= 11 is 0. The summed E-state index contributed by atoms with van der Waals surface area (Å²) in [6.07, 6.45) is -0.0494. The van der Waals surface area contributed by atoms with Gasteiger partial charge in [0.15, 0.2) is 0 Å². The Kier molecular flexibility index (Phi) is 5.57. The Morgan fingerprint density at radius 3 is 2.87 bits per heavy atom. The highest BCUT2D eigenvalue weighted by atomic mass is 16.5. The lowest BCUT2D eigenvalue weighted by atomic mass is 10.1. The Balaban J connectivity index is 1.57. The molecule has 0 spiro atoms. The molecule has 10 heteroatoms. The van der Waals surface area contributed by atoms with Crippen LogP contribution in [0.4, 0.5) is 0 Å². The van der Waals surface area contributed by atoms with Crippen LogP contribution in [0, 0.1) is 6.92 Å². The number of esters is 1. The number of methoxy groups -OCH3 is 1. The molecule has 0 radical (unpaired) electrons. The van der Waals surface area contributed by atoms with E-state index in [-0.39, 0.29) is 24.8 Å². The second kappa shape index (κ2) is 8.46. The van der Waals surface area contributed by atoms with E-state index in [0.29, 0.717) is 36.0 Å². The van der Waals surface area contributed by atoms with Crippen molar-refractivity contribution < 1.29 is 23.3 Å². The van der Waals surface area contributed by atoms with E-state index in [9.17, 15) is 9.59 Å². The minimum absolute atomic E-state index is 0.0494. The molecule has 30 heavy (non-hydrogen) atoms. The fraction of sp³-hybridized carbons (Fsp3) is 0.350. The van der Waals surface area contributed by atoms with Gasteiger partial charge in [-0.25, -0.2) is 0 Å². The number of aromatic nitrogens is 3. The minimum atomic E-state index is -0.654. The molecular weight excluding hydrogens is 390 g/mol. The molecule has 2 aromatic heterocycles. The number of aryl methyl sites for hydroxylation is 1. The lowest BCUT2D eigenvalue weighted by Crippen LogP contribution is -2.55. The zero-order valence-electron chi connectivity index (χ0n) is 16.6. The Morgan fingerprint density at radius 2 is 2.10 bits per heavy atom. The van der Waals surface area contributed by atoms with Gasteiger partial charge in [0.2, 0.25) is 11.8 Å². The molecule has 1 aliphatic heterocycles. The summed E-state index contributed by atoms with van der Waals surface area (Å²) in [5.74, 6) is 0.487. The molecule has 4 rings (SSSR count). The standard InChI is InChI=1S/C20H21N5O5/c1-12-17(18(24-30-12)13-6-4-3-5-7-13)20-23-22-15(29-20)11-25-9-8-21-19(27)14(25)10-16(26)28-2/h3-7,14H,8-11H2,1-2H3,(H,21,27). The van der Waals surface area contributed by atoms with E-state index in [2.05, 4.69) is 20.7 Å². The van der Waals surface area contributed by atoms with Crippen LogP contribution in [0.2, 0.25) is 0 Å². The number of rotatable bonds is 6. The second-order valence-corrected chi connectivity index (χ2v) is 6.89. The zero-order valence-corrected chi connectivity index (χ0v) is 16.6. The zero-order chi connectivity index (χ0) is 21.1. The first kappa shape index (κ1) is 19.8. The molecule has 3 aromatic rings. The van der Waals surface area contributed by atoms with Crippen molar-refractivity contribution in [2.75, 3.05) is 20.2 Å². The third kappa shape index (κ3) is 3.94. The SMILES string of the molecule is COC(=O)CC1C(=O)NCCN1Cc1nnc(-c2c(-c3ccccc3)noc2C)o1. The van der Waals surface area contributed by atoms with Crippen molar-refractivity contribution in [1.29, 1.82) is 0 Å². The van der Waals surface area contributed by atoms with E-state index in [1.54, 1.807) is 6.92 Å². The van der Waals surface area contributed by atoms with Crippen LogP contribution in [-0.2, 0) is 20.9 Å². The van der Waals surface area contributed by atoms with Gasteiger partial charge in [0.05, 0.1) is 20.1 Å². The molecule has 1 saturated heterocycles. The van der Waals surface area contributed by atoms with Crippen molar-refractivity contribution in [2.24, 2.45) is 0 Å². The average Bonchev–Trinajstić information content (AvgIpc) is 3.37. The van der Waals surface area contributed by atoms with E-state index in [1.807, 2.05) is 35.2 Å². The maximum atomic E-state index is 12.2. The number of nitrogens with zero attached hydrogens (tertiary/aromatic N) is 4. The summed E-state index contributed by atoms with van der Waals surface area (Å²) in [4.78, 5) is 25.8. The van der Waals surface area contributed by atoms with Gasteiger partial charge < -0.3 is 19.0 Å². The first-order chi connectivity index (χ1) is 14.6. The predicted molar refractivity (Wildman–Crippen MR) is 104 cm³/mol. The molecule has 1 aromatic carbocycles. The van der Waals surface area contributed by atoms with Gasteiger partial charge in [-0.15, -0.1) is 10.2 Å². The molecule has 10 nitrogen and oxygen atoms in total. The lowest BCUT2D eigenvalue weighted by Gasteiger charge is -2.33. The normalized spacial score (nSPS) is 17.0. The quantitative estimate of drug-likeness (QED) is 0.602. The van der Waals surface area contributed by atoms with E-state index < -0.39 is 12.0 Å². The molecule has 0 aliphatic carbocycles. The third-order valence-corrected chi connectivity index (χ3v) is 4.96. The third-order valence-electron chi connectivity index (χ3n) is 4.96. The molecule has 3 heterocycles. The summed E-state index contributed by atoms with van der Waals surface area (Å²) in [5.41, 5.74) is 2.11. The number of benzene rings is 1. The number of ether oxygens (including phenoxy) is 1. The van der Waals surface area contributed by atoms with Crippen molar-refractivity contribution in [3.8, 4) is 22.7 Å². The fourth-order valence-corrected chi connectivity index (χ4v) is 3.42. The first-order valence-corrected chi connectivity index (χ1v) is 9.50. The molecule has 0 saturated carbocycles. The van der Waals surface area contributed by atoms with Crippen LogP contribution >= 0.6 is 0 Å². The number of nitrogens with one attached hydrogen (secondary N) is 1. The van der Waals surface area contributed by atoms with Crippen LogP contribution in [0.3, 0.4) is 0 Å². The molecule has 156 valence electrons. The minimum Gasteiger partial charge on any atom is -0.469 e. The van der Waals surface area contributed by atoms with Gasteiger partial charge in [-0.2, -0.15) is 0 Å². The van der Waals surface area contributed by atoms with Crippen molar-refractivity contribution in [3.05, 3.63) is 42.0 Å². The average molecular weight is 411 g/mol. The van der Waals surface area contributed by atoms with Gasteiger partial charge in [-0.3, -0.25) is 14.5 Å². The highest BCUT2D eigenvalue weighted by Gasteiger charge is 2.33. The molecule has 1 aliphatic rings. The smallest absolute Gasteiger partial charge is 0.307 e. The highest BCUT2D eigenvalue weighted by Crippen LogP contribution is 2.33. The predicted octanol–water partition coefficient (Wildman–Crippen LogP) is 1.56. The Bertz CT molecular complexity index is 1050. The van der Waals surface area contributed by atoms with Crippen molar-refractivity contribution in [3.63, 3.8) is 0 Å². The van der Waals surface area contributed by atoms with Crippen molar-refractivity contribution in [1.82, 2.24) is 25.6 Å². The molecule has 1 amide bonds. The van der Waals surface area contributed by atoms with Crippen LogP contribution in [0.15, 0.2) is 39.3 Å². The molecule has 0 bridgehead atoms. The lowest BCUT2D eigenvalue weighted by molar-refractivity contribution is -0.146. The van der Waals surface area contributed by atoms with Gasteiger partial charge in [0, 0.05) is 18.7 Å². The molecule has 1 N–H and O–H groups in total.